The van der Waals surface area contributed by atoms with Crippen molar-refractivity contribution in [2.75, 3.05) is 0 Å². The summed E-state index contributed by atoms with van der Waals surface area (Å²) in [4.78, 5) is 15.3. The Morgan fingerprint density at radius 1 is 1.21 bits per heavy atom. The van der Waals surface area contributed by atoms with Crippen molar-refractivity contribution in [2.45, 2.75) is 32.8 Å². The number of benzene rings is 1. The van der Waals surface area contributed by atoms with Gasteiger partial charge in [-0.15, -0.1) is 0 Å². The smallest absolute Gasteiger partial charge is 0.312 e. The van der Waals surface area contributed by atoms with Crippen molar-refractivity contribution >= 4 is 16.9 Å². The van der Waals surface area contributed by atoms with Gasteiger partial charge in [0.15, 0.2) is 0 Å². The Morgan fingerprint density at radius 2 is 1.95 bits per heavy atom. The van der Waals surface area contributed by atoms with Crippen LogP contribution in [0.2, 0.25) is 0 Å². The molecule has 0 aliphatic rings. The molecule has 2 aromatic rings. The van der Waals surface area contributed by atoms with E-state index in [0.717, 1.165) is 16.7 Å². The van der Waals surface area contributed by atoms with Crippen LogP contribution in [0, 0.1) is 0 Å². The van der Waals surface area contributed by atoms with Gasteiger partial charge in [-0.05, 0) is 45.0 Å². The molecule has 1 atom stereocenters. The highest BCUT2D eigenvalue weighted by Gasteiger charge is 2.15. The lowest BCUT2D eigenvalue weighted by Gasteiger charge is -2.11. The Hall–Kier alpha value is -2.10. The molecule has 1 heterocycles. The molecule has 4 nitrogen and oxygen atoms in total. The van der Waals surface area contributed by atoms with Crippen LogP contribution >= 0.6 is 0 Å². The number of ether oxygens (including phenoxy) is 1. The van der Waals surface area contributed by atoms with Crippen LogP contribution in [-0.2, 0) is 4.79 Å². The molecule has 0 saturated heterocycles. The average molecular weight is 259 g/mol. The molecular weight excluding hydrogens is 242 g/mol. The van der Waals surface area contributed by atoms with Crippen LogP contribution in [0.4, 0.5) is 0 Å². The van der Waals surface area contributed by atoms with Crippen LogP contribution in [0.5, 0.6) is 5.75 Å². The Kier molecular flexibility index (Phi) is 3.69. The number of aromatic nitrogens is 1. The topological polar surface area (TPSA) is 59.4 Å². The number of nitrogens with zero attached hydrogens (tertiary/aromatic N) is 1. The number of hydrogen-bond donors (Lipinski definition) is 1. The van der Waals surface area contributed by atoms with Gasteiger partial charge >= 0.3 is 5.97 Å². The fourth-order valence-electron chi connectivity index (χ4n) is 1.83. The Labute approximate surface area is 112 Å². The molecule has 0 bridgehead atoms. The van der Waals surface area contributed by atoms with Gasteiger partial charge in [0.05, 0.1) is 23.2 Å². The Balaban J connectivity index is 2.37. The lowest BCUT2D eigenvalue weighted by atomic mass is 10.1. The summed E-state index contributed by atoms with van der Waals surface area (Å²) in [6.45, 7) is 5.58. The predicted octanol–water partition coefficient (Wildman–Crippen LogP) is 3.21. The molecule has 1 unspecified atom stereocenters. The maximum Gasteiger partial charge on any atom is 0.312 e. The number of rotatable bonds is 4. The van der Waals surface area contributed by atoms with E-state index in [1.165, 1.54) is 0 Å². The number of carbonyl (C=O) groups is 1. The Bertz CT molecular complexity index is 607. The van der Waals surface area contributed by atoms with E-state index in [4.69, 9.17) is 9.84 Å². The van der Waals surface area contributed by atoms with Gasteiger partial charge < -0.3 is 9.84 Å². The highest BCUT2D eigenvalue weighted by atomic mass is 16.5. The van der Waals surface area contributed by atoms with E-state index < -0.39 is 11.9 Å². The van der Waals surface area contributed by atoms with Gasteiger partial charge in [-0.25, -0.2) is 0 Å². The summed E-state index contributed by atoms with van der Waals surface area (Å²) in [5, 5.41) is 9.93. The minimum atomic E-state index is -0.869. The van der Waals surface area contributed by atoms with E-state index in [2.05, 4.69) is 4.98 Å². The minimum absolute atomic E-state index is 0.122. The predicted molar refractivity (Wildman–Crippen MR) is 73.6 cm³/mol. The van der Waals surface area contributed by atoms with Crippen LogP contribution in [0.1, 0.15) is 32.4 Å². The number of carboxylic acid groups (broad SMARTS) is 1. The SMILES string of the molecule is CC(C)Oc1ccc2nc(C(C)C(=O)O)ccc2c1. The van der Waals surface area contributed by atoms with Gasteiger partial charge in [0, 0.05) is 5.39 Å². The van der Waals surface area contributed by atoms with E-state index in [-0.39, 0.29) is 6.10 Å². The second kappa shape index (κ2) is 5.26. The summed E-state index contributed by atoms with van der Waals surface area (Å²) in [5.41, 5.74) is 1.35. The molecule has 1 aromatic carbocycles. The molecule has 0 fully saturated rings. The van der Waals surface area contributed by atoms with Gasteiger partial charge in [-0.1, -0.05) is 6.07 Å². The van der Waals surface area contributed by atoms with Crippen LogP contribution < -0.4 is 4.74 Å². The van der Waals surface area contributed by atoms with Crippen molar-refractivity contribution in [1.82, 2.24) is 4.98 Å². The monoisotopic (exact) mass is 259 g/mol. The lowest BCUT2D eigenvalue weighted by Crippen LogP contribution is -2.09. The van der Waals surface area contributed by atoms with E-state index in [1.54, 1.807) is 13.0 Å². The van der Waals surface area contributed by atoms with E-state index >= 15 is 0 Å². The zero-order chi connectivity index (χ0) is 14.0. The van der Waals surface area contributed by atoms with Crippen LogP contribution in [-0.4, -0.2) is 22.2 Å². The molecule has 1 aromatic heterocycles. The number of carboxylic acids is 1. The highest BCUT2D eigenvalue weighted by molar-refractivity contribution is 5.82. The summed E-state index contributed by atoms with van der Waals surface area (Å²) in [7, 11) is 0. The Morgan fingerprint density at radius 3 is 2.58 bits per heavy atom. The summed E-state index contributed by atoms with van der Waals surface area (Å²) in [5.74, 6) is -0.675. The summed E-state index contributed by atoms with van der Waals surface area (Å²) >= 11 is 0. The van der Waals surface area contributed by atoms with Gasteiger partial charge in [0.25, 0.3) is 0 Å². The normalized spacial score (nSPS) is 12.6. The third-order valence-electron chi connectivity index (χ3n) is 2.87. The van der Waals surface area contributed by atoms with Crippen LogP contribution in [0.25, 0.3) is 10.9 Å². The largest absolute Gasteiger partial charge is 0.491 e. The fraction of sp³-hybridized carbons (Fsp3) is 0.333. The number of aliphatic carboxylic acids is 1. The number of pyridine rings is 1. The molecule has 2 rings (SSSR count). The molecule has 0 amide bonds. The third-order valence-corrected chi connectivity index (χ3v) is 2.87. The molecule has 0 aliphatic carbocycles. The number of hydrogen-bond acceptors (Lipinski definition) is 3. The van der Waals surface area contributed by atoms with Gasteiger partial charge in [-0.2, -0.15) is 0 Å². The minimum Gasteiger partial charge on any atom is -0.491 e. The zero-order valence-corrected chi connectivity index (χ0v) is 11.3. The van der Waals surface area contributed by atoms with Crippen molar-refractivity contribution < 1.29 is 14.6 Å². The molecular formula is C15H17NO3. The lowest BCUT2D eigenvalue weighted by molar-refractivity contribution is -0.138. The van der Waals surface area contributed by atoms with E-state index in [1.807, 2.05) is 38.1 Å². The molecule has 0 spiro atoms. The van der Waals surface area contributed by atoms with Gasteiger partial charge in [0.2, 0.25) is 0 Å². The average Bonchev–Trinajstić information content (AvgIpc) is 2.36. The van der Waals surface area contributed by atoms with Crippen molar-refractivity contribution in [3.8, 4) is 5.75 Å². The molecule has 19 heavy (non-hydrogen) atoms. The van der Waals surface area contributed by atoms with Crippen molar-refractivity contribution in [2.24, 2.45) is 0 Å². The van der Waals surface area contributed by atoms with Crippen molar-refractivity contribution in [3.63, 3.8) is 0 Å². The van der Waals surface area contributed by atoms with E-state index in [0.29, 0.717) is 5.69 Å². The van der Waals surface area contributed by atoms with Gasteiger partial charge in [0.1, 0.15) is 5.75 Å². The summed E-state index contributed by atoms with van der Waals surface area (Å²) in [6, 6.07) is 9.25. The first-order chi connectivity index (χ1) is 8.97. The number of fused-ring (bicyclic) bond motifs is 1. The summed E-state index contributed by atoms with van der Waals surface area (Å²) < 4.78 is 5.62. The third kappa shape index (κ3) is 3.02. The maximum atomic E-state index is 11.0. The van der Waals surface area contributed by atoms with Crippen LogP contribution in [0.15, 0.2) is 30.3 Å². The molecule has 1 N–H and O–H groups in total. The fourth-order valence-corrected chi connectivity index (χ4v) is 1.83. The quantitative estimate of drug-likeness (QED) is 0.915. The first kappa shape index (κ1) is 13.3. The first-order valence-electron chi connectivity index (χ1n) is 6.27. The van der Waals surface area contributed by atoms with Crippen molar-refractivity contribution in [1.29, 1.82) is 0 Å². The second-order valence-corrected chi connectivity index (χ2v) is 4.82. The second-order valence-electron chi connectivity index (χ2n) is 4.82. The van der Waals surface area contributed by atoms with Crippen LogP contribution in [0.3, 0.4) is 0 Å². The summed E-state index contributed by atoms with van der Waals surface area (Å²) in [6.07, 6.45) is 0.122. The molecule has 4 heteroatoms. The zero-order valence-electron chi connectivity index (χ0n) is 11.3. The van der Waals surface area contributed by atoms with Gasteiger partial charge in [-0.3, -0.25) is 9.78 Å². The molecule has 0 radical (unpaired) electrons. The van der Waals surface area contributed by atoms with Crippen molar-refractivity contribution in [3.05, 3.63) is 36.0 Å². The first-order valence-corrected chi connectivity index (χ1v) is 6.27. The molecule has 0 aliphatic heterocycles. The van der Waals surface area contributed by atoms with E-state index in [9.17, 15) is 4.79 Å². The highest BCUT2D eigenvalue weighted by Crippen LogP contribution is 2.23. The molecule has 0 saturated carbocycles. The maximum absolute atomic E-state index is 11.0. The standard InChI is InChI=1S/C15H17NO3/c1-9(2)19-12-5-7-14-11(8-12)4-6-13(16-14)10(3)15(17)18/h4-10H,1-3H3,(H,17,18). The molecule has 100 valence electrons.